The van der Waals surface area contributed by atoms with E-state index in [0.717, 1.165) is 22.9 Å². The summed E-state index contributed by atoms with van der Waals surface area (Å²) in [5.74, 6) is -1.23. The number of hydrogen-bond donors (Lipinski definition) is 1. The van der Waals surface area contributed by atoms with Gasteiger partial charge in [0.05, 0.1) is 23.9 Å². The van der Waals surface area contributed by atoms with E-state index < -0.39 is 17.7 Å². The fraction of sp³-hybridized carbons (Fsp3) is 0.150. The number of imidazole rings is 1. The zero-order valence-corrected chi connectivity index (χ0v) is 13.8. The highest BCUT2D eigenvalue weighted by Gasteiger charge is 2.12. The molecule has 26 heavy (non-hydrogen) atoms. The summed E-state index contributed by atoms with van der Waals surface area (Å²) in [6.45, 7) is 0.233. The molecule has 0 bridgehead atoms. The second-order valence-corrected chi connectivity index (χ2v) is 6.13. The zero-order valence-electron chi connectivity index (χ0n) is 13.8. The number of hydrogen-bond acceptors (Lipinski definition) is 3. The summed E-state index contributed by atoms with van der Waals surface area (Å²) in [7, 11) is 0. The molecular weight excluding hydrogens is 338 g/mol. The average molecular weight is 354 g/mol. The highest BCUT2D eigenvalue weighted by molar-refractivity contribution is 5.83. The molecule has 1 aromatic heterocycles. The standard InChI is InChI=1S/C20H16F2N2O2/c21-17-8-19-20(9-18(17)22)24(12-23-19)10-15(25)11-26-16-6-5-13-3-1-2-4-14(13)7-16/h1-9,12,15,25H,10-11H2. The van der Waals surface area contributed by atoms with Gasteiger partial charge in [-0.05, 0) is 22.9 Å². The Morgan fingerprint density at radius 3 is 2.62 bits per heavy atom. The summed E-state index contributed by atoms with van der Waals surface area (Å²) in [5, 5.41) is 12.4. The summed E-state index contributed by atoms with van der Waals surface area (Å²) in [4.78, 5) is 4.03. The van der Waals surface area contributed by atoms with Gasteiger partial charge in [0, 0.05) is 12.1 Å². The van der Waals surface area contributed by atoms with Crippen LogP contribution in [0.2, 0.25) is 0 Å². The van der Waals surface area contributed by atoms with E-state index in [9.17, 15) is 13.9 Å². The van der Waals surface area contributed by atoms with E-state index in [1.807, 2.05) is 42.5 Å². The minimum Gasteiger partial charge on any atom is -0.491 e. The topological polar surface area (TPSA) is 47.3 Å². The van der Waals surface area contributed by atoms with E-state index in [2.05, 4.69) is 4.98 Å². The third-order valence-electron chi connectivity index (χ3n) is 4.23. The van der Waals surface area contributed by atoms with Crippen LogP contribution in [0.25, 0.3) is 21.8 Å². The minimum absolute atomic E-state index is 0.0711. The number of aromatic nitrogens is 2. The molecule has 0 saturated heterocycles. The number of halogens is 2. The predicted molar refractivity (Wildman–Crippen MR) is 95.1 cm³/mol. The second kappa shape index (κ2) is 6.72. The van der Waals surface area contributed by atoms with Crippen LogP contribution in [0.3, 0.4) is 0 Å². The normalized spacial score (nSPS) is 12.6. The predicted octanol–water partition coefficient (Wildman–Crippen LogP) is 3.91. The Labute approximate surface area is 148 Å². The summed E-state index contributed by atoms with van der Waals surface area (Å²) < 4.78 is 33.9. The first kappa shape index (κ1) is 16.5. The fourth-order valence-electron chi connectivity index (χ4n) is 2.93. The van der Waals surface area contributed by atoms with Gasteiger partial charge in [-0.3, -0.25) is 0 Å². The minimum atomic E-state index is -0.943. The number of benzene rings is 3. The SMILES string of the molecule is OC(COc1ccc2ccccc2c1)Cn1cnc2cc(F)c(F)cc21. The monoisotopic (exact) mass is 354 g/mol. The molecule has 0 aliphatic rings. The number of fused-ring (bicyclic) bond motifs is 2. The molecule has 1 atom stereocenters. The quantitative estimate of drug-likeness (QED) is 0.591. The molecule has 4 rings (SSSR count). The molecule has 0 aliphatic heterocycles. The molecule has 1 unspecified atom stereocenters. The van der Waals surface area contributed by atoms with Gasteiger partial charge in [-0.15, -0.1) is 0 Å². The van der Waals surface area contributed by atoms with Crippen LogP contribution in [0, 0.1) is 11.6 Å². The summed E-state index contributed by atoms with van der Waals surface area (Å²) in [6.07, 6.45) is 0.620. The van der Waals surface area contributed by atoms with E-state index in [0.29, 0.717) is 16.8 Å². The lowest BCUT2D eigenvalue weighted by Gasteiger charge is -2.14. The van der Waals surface area contributed by atoms with Gasteiger partial charge in [0.15, 0.2) is 11.6 Å². The first-order valence-corrected chi connectivity index (χ1v) is 8.20. The van der Waals surface area contributed by atoms with Crippen molar-refractivity contribution in [3.8, 4) is 5.75 Å². The number of rotatable bonds is 5. The highest BCUT2D eigenvalue weighted by atomic mass is 19.2. The van der Waals surface area contributed by atoms with Crippen molar-refractivity contribution in [2.75, 3.05) is 6.61 Å². The Morgan fingerprint density at radius 1 is 1.00 bits per heavy atom. The molecule has 0 radical (unpaired) electrons. The lowest BCUT2D eigenvalue weighted by Crippen LogP contribution is -2.23. The highest BCUT2D eigenvalue weighted by Crippen LogP contribution is 2.21. The number of aliphatic hydroxyl groups excluding tert-OH is 1. The molecule has 4 nitrogen and oxygen atoms in total. The van der Waals surface area contributed by atoms with Crippen LogP contribution < -0.4 is 4.74 Å². The Kier molecular flexibility index (Phi) is 4.26. The maximum Gasteiger partial charge on any atom is 0.161 e. The van der Waals surface area contributed by atoms with Crippen molar-refractivity contribution in [3.63, 3.8) is 0 Å². The van der Waals surface area contributed by atoms with Gasteiger partial charge in [-0.1, -0.05) is 30.3 Å². The van der Waals surface area contributed by atoms with Crippen molar-refractivity contribution < 1.29 is 18.6 Å². The number of nitrogens with zero attached hydrogens (tertiary/aromatic N) is 2. The van der Waals surface area contributed by atoms with Gasteiger partial charge in [0.1, 0.15) is 18.5 Å². The first-order valence-electron chi connectivity index (χ1n) is 8.20. The molecule has 4 aromatic rings. The van der Waals surface area contributed by atoms with Crippen LogP contribution >= 0.6 is 0 Å². The summed E-state index contributed by atoms with van der Waals surface area (Å²) in [5.41, 5.74) is 0.764. The molecule has 0 fully saturated rings. The van der Waals surface area contributed by atoms with E-state index >= 15 is 0 Å². The van der Waals surface area contributed by atoms with E-state index in [4.69, 9.17) is 4.74 Å². The molecule has 0 amide bonds. The molecule has 0 aliphatic carbocycles. The maximum atomic E-state index is 13.4. The van der Waals surface area contributed by atoms with E-state index in [1.54, 1.807) is 4.57 Å². The third kappa shape index (κ3) is 3.23. The van der Waals surface area contributed by atoms with Crippen LogP contribution in [-0.4, -0.2) is 27.4 Å². The molecular formula is C20H16F2N2O2. The molecule has 0 spiro atoms. The Morgan fingerprint density at radius 2 is 1.77 bits per heavy atom. The largest absolute Gasteiger partial charge is 0.491 e. The van der Waals surface area contributed by atoms with Gasteiger partial charge < -0.3 is 14.4 Å². The van der Waals surface area contributed by atoms with Gasteiger partial charge in [-0.2, -0.15) is 0 Å². The van der Waals surface area contributed by atoms with Crippen LogP contribution in [0.4, 0.5) is 8.78 Å². The van der Waals surface area contributed by atoms with Crippen LogP contribution in [0.15, 0.2) is 60.9 Å². The molecule has 1 N–H and O–H groups in total. The lowest BCUT2D eigenvalue weighted by molar-refractivity contribution is 0.0935. The summed E-state index contributed by atoms with van der Waals surface area (Å²) in [6, 6.07) is 15.8. The molecule has 1 heterocycles. The van der Waals surface area contributed by atoms with Crippen LogP contribution in [0.1, 0.15) is 0 Å². The van der Waals surface area contributed by atoms with Gasteiger partial charge in [-0.25, -0.2) is 13.8 Å². The van der Waals surface area contributed by atoms with Crippen molar-refractivity contribution in [1.82, 2.24) is 9.55 Å². The van der Waals surface area contributed by atoms with E-state index in [1.165, 1.54) is 6.33 Å². The Bertz CT molecular complexity index is 1080. The molecule has 3 aromatic carbocycles. The maximum absolute atomic E-state index is 13.4. The third-order valence-corrected chi connectivity index (χ3v) is 4.23. The smallest absolute Gasteiger partial charge is 0.161 e. The number of aliphatic hydroxyl groups is 1. The van der Waals surface area contributed by atoms with E-state index in [-0.39, 0.29) is 13.2 Å². The van der Waals surface area contributed by atoms with Crippen molar-refractivity contribution >= 4 is 21.8 Å². The Hall–Kier alpha value is -2.99. The second-order valence-electron chi connectivity index (χ2n) is 6.13. The van der Waals surface area contributed by atoms with Gasteiger partial charge in [0.2, 0.25) is 0 Å². The van der Waals surface area contributed by atoms with Gasteiger partial charge in [0.25, 0.3) is 0 Å². The molecule has 0 saturated carbocycles. The van der Waals surface area contributed by atoms with Crippen molar-refractivity contribution in [2.45, 2.75) is 12.6 Å². The lowest BCUT2D eigenvalue weighted by atomic mass is 10.1. The van der Waals surface area contributed by atoms with Crippen molar-refractivity contribution in [1.29, 1.82) is 0 Å². The fourth-order valence-corrected chi connectivity index (χ4v) is 2.93. The first-order chi connectivity index (χ1) is 12.6. The van der Waals surface area contributed by atoms with Crippen molar-refractivity contribution in [3.05, 3.63) is 72.6 Å². The molecule has 6 heteroatoms. The van der Waals surface area contributed by atoms with Crippen molar-refractivity contribution in [2.24, 2.45) is 0 Å². The average Bonchev–Trinajstić information content (AvgIpc) is 3.02. The molecule has 132 valence electrons. The zero-order chi connectivity index (χ0) is 18.1. The Balaban J connectivity index is 1.45. The van der Waals surface area contributed by atoms with Crippen LogP contribution in [-0.2, 0) is 6.54 Å². The summed E-state index contributed by atoms with van der Waals surface area (Å²) >= 11 is 0. The van der Waals surface area contributed by atoms with Crippen LogP contribution in [0.5, 0.6) is 5.75 Å². The van der Waals surface area contributed by atoms with Gasteiger partial charge >= 0.3 is 0 Å². The number of ether oxygens (including phenoxy) is 1.